The minimum absolute atomic E-state index is 0.0436. The van der Waals surface area contributed by atoms with E-state index in [-0.39, 0.29) is 17.4 Å². The number of aromatic nitrogens is 3. The Hall–Kier alpha value is -2.30. The zero-order chi connectivity index (χ0) is 21.6. The Kier molecular flexibility index (Phi) is 5.31. The quantitative estimate of drug-likeness (QED) is 0.548. The first-order valence-corrected chi connectivity index (χ1v) is 12.0. The molecule has 2 fully saturated rings. The third-order valence-corrected chi connectivity index (χ3v) is 7.98. The van der Waals surface area contributed by atoms with E-state index in [2.05, 4.69) is 41.5 Å². The Morgan fingerprint density at radius 3 is 2.81 bits per heavy atom. The van der Waals surface area contributed by atoms with Crippen LogP contribution in [0.25, 0.3) is 4.83 Å². The Morgan fingerprint density at radius 1 is 1.23 bits per heavy atom. The Balaban J connectivity index is 1.27. The lowest BCUT2D eigenvalue weighted by Crippen LogP contribution is -2.51. The number of thiazole rings is 1. The van der Waals surface area contributed by atoms with Crippen molar-refractivity contribution in [2.45, 2.75) is 44.6 Å². The van der Waals surface area contributed by atoms with Crippen LogP contribution in [0.5, 0.6) is 0 Å². The number of fused-ring (bicyclic) bond motifs is 1. The molecule has 3 aromatic rings. The average Bonchev–Trinajstić information content (AvgIpc) is 3.37. The summed E-state index contributed by atoms with van der Waals surface area (Å²) < 4.78 is 2.56. The van der Waals surface area contributed by atoms with Crippen LogP contribution >= 0.6 is 27.3 Å². The molecule has 4 heterocycles. The number of anilines is 2. The van der Waals surface area contributed by atoms with Crippen molar-refractivity contribution in [3.63, 3.8) is 0 Å². The summed E-state index contributed by atoms with van der Waals surface area (Å²) in [6.07, 6.45) is 11.0. The number of aryl methyl sites for hydroxylation is 1. The van der Waals surface area contributed by atoms with Gasteiger partial charge in [-0.15, -0.1) is 11.3 Å². The van der Waals surface area contributed by atoms with Gasteiger partial charge in [0, 0.05) is 5.54 Å². The van der Waals surface area contributed by atoms with E-state index in [1.165, 1.54) is 43.4 Å². The molecule has 1 aliphatic heterocycles. The largest absolute Gasteiger partial charge is 0.324 e. The molecule has 0 atom stereocenters. The van der Waals surface area contributed by atoms with Gasteiger partial charge in [-0.2, -0.15) is 5.10 Å². The van der Waals surface area contributed by atoms with Crippen LogP contribution in [0.2, 0.25) is 0 Å². The van der Waals surface area contributed by atoms with Crippen LogP contribution in [-0.2, 0) is 4.79 Å². The molecule has 1 saturated heterocycles. The molecule has 31 heavy (non-hydrogen) atoms. The molecule has 162 valence electrons. The molecule has 1 spiro atoms. The number of rotatable bonds is 5. The molecule has 2 amide bonds. The number of pyridine rings is 1. The van der Waals surface area contributed by atoms with E-state index < -0.39 is 0 Å². The standard InChI is InChI=1S/C21H23BrN6O2S/c1-13-16(26-19(30)15-10-24-28-11-17(22)31-20(15)28)8-14(9-23-13)25-18(29)12-27-7-3-6-21(27)4-2-5-21/h8-11H,2-7,12H2,1H3,(H,25,29)(H,26,30). The fourth-order valence-corrected chi connectivity index (χ4v) is 6.04. The summed E-state index contributed by atoms with van der Waals surface area (Å²) in [5.41, 5.74) is 2.57. The lowest BCUT2D eigenvalue weighted by atomic mass is 9.75. The van der Waals surface area contributed by atoms with Crippen LogP contribution in [-0.4, -0.2) is 49.9 Å². The highest BCUT2D eigenvalue weighted by Crippen LogP contribution is 2.45. The van der Waals surface area contributed by atoms with Crippen LogP contribution in [0, 0.1) is 6.92 Å². The minimum atomic E-state index is -0.262. The molecular formula is C21H23BrN6O2S. The zero-order valence-electron chi connectivity index (χ0n) is 17.2. The molecular weight excluding hydrogens is 480 g/mol. The van der Waals surface area contributed by atoms with E-state index in [0.29, 0.717) is 29.2 Å². The summed E-state index contributed by atoms with van der Waals surface area (Å²) in [6.45, 7) is 3.21. The monoisotopic (exact) mass is 502 g/mol. The van der Waals surface area contributed by atoms with E-state index in [1.54, 1.807) is 23.0 Å². The van der Waals surface area contributed by atoms with Crippen LogP contribution < -0.4 is 10.6 Å². The first kappa shape index (κ1) is 20.6. The summed E-state index contributed by atoms with van der Waals surface area (Å²) in [6, 6.07) is 1.76. The molecule has 2 N–H and O–H groups in total. The highest BCUT2D eigenvalue weighted by Gasteiger charge is 2.45. The molecule has 0 aromatic carbocycles. The smallest absolute Gasteiger partial charge is 0.260 e. The summed E-state index contributed by atoms with van der Waals surface area (Å²) >= 11 is 4.86. The molecule has 5 rings (SSSR count). The lowest BCUT2D eigenvalue weighted by Gasteiger charge is -2.45. The van der Waals surface area contributed by atoms with Crippen molar-refractivity contribution in [2.75, 3.05) is 23.7 Å². The van der Waals surface area contributed by atoms with Gasteiger partial charge in [0.15, 0.2) is 0 Å². The first-order valence-electron chi connectivity index (χ1n) is 10.4. The van der Waals surface area contributed by atoms with Gasteiger partial charge in [-0.1, -0.05) is 0 Å². The summed E-state index contributed by atoms with van der Waals surface area (Å²) in [7, 11) is 0. The van der Waals surface area contributed by atoms with Crippen molar-refractivity contribution in [2.24, 2.45) is 0 Å². The molecule has 1 saturated carbocycles. The predicted octanol–water partition coefficient (Wildman–Crippen LogP) is 4.07. The molecule has 10 heteroatoms. The number of hydrogen-bond donors (Lipinski definition) is 2. The highest BCUT2D eigenvalue weighted by molar-refractivity contribution is 9.11. The van der Waals surface area contributed by atoms with Gasteiger partial charge in [0.1, 0.15) is 4.83 Å². The fourth-order valence-electron chi connectivity index (χ4n) is 4.60. The van der Waals surface area contributed by atoms with E-state index in [4.69, 9.17) is 0 Å². The summed E-state index contributed by atoms with van der Waals surface area (Å²) in [4.78, 5) is 32.9. The van der Waals surface area contributed by atoms with E-state index in [0.717, 1.165) is 15.2 Å². The maximum atomic E-state index is 12.8. The van der Waals surface area contributed by atoms with Gasteiger partial charge in [-0.25, -0.2) is 4.52 Å². The first-order chi connectivity index (χ1) is 14.9. The summed E-state index contributed by atoms with van der Waals surface area (Å²) in [5.74, 6) is -0.306. The number of likely N-dealkylation sites (tertiary alicyclic amines) is 1. The molecule has 3 aromatic heterocycles. The van der Waals surface area contributed by atoms with Crippen LogP contribution in [0.4, 0.5) is 11.4 Å². The lowest BCUT2D eigenvalue weighted by molar-refractivity contribution is -0.119. The zero-order valence-corrected chi connectivity index (χ0v) is 19.6. The van der Waals surface area contributed by atoms with Gasteiger partial charge < -0.3 is 10.6 Å². The maximum absolute atomic E-state index is 12.8. The van der Waals surface area contributed by atoms with Gasteiger partial charge in [0.2, 0.25) is 5.91 Å². The second-order valence-electron chi connectivity index (χ2n) is 8.31. The number of nitrogens with zero attached hydrogens (tertiary/aromatic N) is 4. The predicted molar refractivity (Wildman–Crippen MR) is 124 cm³/mol. The number of carbonyl (C=O) groups excluding carboxylic acids is 2. The highest BCUT2D eigenvalue weighted by atomic mass is 79.9. The van der Waals surface area contributed by atoms with Crippen LogP contribution in [0.1, 0.15) is 48.2 Å². The number of carbonyl (C=O) groups is 2. The van der Waals surface area contributed by atoms with Crippen molar-refractivity contribution < 1.29 is 9.59 Å². The van der Waals surface area contributed by atoms with Gasteiger partial charge in [0.05, 0.1) is 51.6 Å². The third-order valence-electron chi connectivity index (χ3n) is 6.39. The summed E-state index contributed by atoms with van der Waals surface area (Å²) in [5, 5.41) is 10.1. The van der Waals surface area contributed by atoms with Crippen molar-refractivity contribution >= 4 is 55.3 Å². The maximum Gasteiger partial charge on any atom is 0.260 e. The third kappa shape index (κ3) is 3.88. The van der Waals surface area contributed by atoms with Crippen molar-refractivity contribution in [3.05, 3.63) is 39.7 Å². The topological polar surface area (TPSA) is 91.6 Å². The number of hydrogen-bond acceptors (Lipinski definition) is 6. The van der Waals surface area contributed by atoms with E-state index in [9.17, 15) is 9.59 Å². The molecule has 8 nitrogen and oxygen atoms in total. The van der Waals surface area contributed by atoms with Gasteiger partial charge in [-0.05, 0) is 67.6 Å². The number of amides is 2. The second kappa shape index (κ2) is 7.99. The van der Waals surface area contributed by atoms with Gasteiger partial charge in [-0.3, -0.25) is 19.5 Å². The SMILES string of the molecule is Cc1ncc(NC(=O)CN2CCCC23CCC3)cc1NC(=O)c1cnn2cc(Br)sc12. The number of halogens is 1. The van der Waals surface area contributed by atoms with Crippen LogP contribution in [0.15, 0.2) is 28.4 Å². The van der Waals surface area contributed by atoms with E-state index in [1.807, 2.05) is 13.1 Å². The fraction of sp³-hybridized carbons (Fsp3) is 0.429. The number of nitrogens with one attached hydrogen (secondary N) is 2. The van der Waals surface area contributed by atoms with Gasteiger partial charge >= 0.3 is 0 Å². The Bertz CT molecular complexity index is 1170. The Morgan fingerprint density at radius 2 is 2.03 bits per heavy atom. The minimum Gasteiger partial charge on any atom is -0.324 e. The normalized spacial score (nSPS) is 17.7. The van der Waals surface area contributed by atoms with Crippen molar-refractivity contribution in [1.29, 1.82) is 0 Å². The molecule has 2 aliphatic rings. The van der Waals surface area contributed by atoms with Crippen molar-refractivity contribution in [3.8, 4) is 0 Å². The molecule has 0 bridgehead atoms. The molecule has 0 unspecified atom stereocenters. The van der Waals surface area contributed by atoms with Crippen LogP contribution in [0.3, 0.4) is 0 Å². The van der Waals surface area contributed by atoms with Crippen molar-refractivity contribution in [1.82, 2.24) is 19.5 Å². The van der Waals surface area contributed by atoms with E-state index >= 15 is 0 Å². The molecule has 1 aliphatic carbocycles. The molecule has 0 radical (unpaired) electrons. The Labute approximate surface area is 192 Å². The second-order valence-corrected chi connectivity index (χ2v) is 10.7. The average molecular weight is 503 g/mol. The van der Waals surface area contributed by atoms with Gasteiger partial charge in [0.25, 0.3) is 5.91 Å².